The highest BCUT2D eigenvalue weighted by atomic mass is 19.1. The molecule has 0 saturated carbocycles. The van der Waals surface area contributed by atoms with Crippen LogP contribution in [0.4, 0.5) is 20.4 Å². The minimum Gasteiger partial charge on any atom is -0.396 e. The molecule has 4 nitrogen and oxygen atoms in total. The van der Waals surface area contributed by atoms with Gasteiger partial charge in [0.15, 0.2) is 23.3 Å². The zero-order chi connectivity index (χ0) is 14.5. The molecule has 1 rings (SSSR count). The van der Waals surface area contributed by atoms with E-state index in [1.54, 1.807) is 6.92 Å². The summed E-state index contributed by atoms with van der Waals surface area (Å²) in [6.45, 7) is 6.08. The third-order valence-corrected chi connectivity index (χ3v) is 3.14. The van der Waals surface area contributed by atoms with E-state index in [-0.39, 0.29) is 18.2 Å². The summed E-state index contributed by atoms with van der Waals surface area (Å²) < 4.78 is 27.2. The van der Waals surface area contributed by atoms with Crippen LogP contribution in [0, 0.1) is 11.6 Å². The van der Waals surface area contributed by atoms with Crippen molar-refractivity contribution in [2.45, 2.75) is 39.2 Å². The SMILES string of the molecule is CCNc1nc(NC(C)(CC)CCO)c(F)cc1F. The van der Waals surface area contributed by atoms with Crippen molar-refractivity contribution < 1.29 is 13.9 Å². The molecule has 0 amide bonds. The van der Waals surface area contributed by atoms with E-state index in [0.717, 1.165) is 6.07 Å². The van der Waals surface area contributed by atoms with Crippen LogP contribution in [0.1, 0.15) is 33.6 Å². The van der Waals surface area contributed by atoms with Gasteiger partial charge in [0.05, 0.1) is 0 Å². The Balaban J connectivity index is 3.02. The number of halogens is 2. The second-order valence-corrected chi connectivity index (χ2v) is 4.69. The summed E-state index contributed by atoms with van der Waals surface area (Å²) in [6.07, 6.45) is 1.14. The summed E-state index contributed by atoms with van der Waals surface area (Å²) in [4.78, 5) is 3.92. The molecule has 0 aliphatic heterocycles. The summed E-state index contributed by atoms with van der Waals surface area (Å²) in [5.41, 5.74) is -0.482. The van der Waals surface area contributed by atoms with Gasteiger partial charge in [-0.25, -0.2) is 13.8 Å². The molecule has 0 fully saturated rings. The lowest BCUT2D eigenvalue weighted by molar-refractivity contribution is 0.251. The van der Waals surface area contributed by atoms with Crippen molar-refractivity contribution >= 4 is 11.6 Å². The molecular formula is C13H21F2N3O. The highest BCUT2D eigenvalue weighted by Crippen LogP contribution is 2.25. The van der Waals surface area contributed by atoms with Crippen molar-refractivity contribution in [3.63, 3.8) is 0 Å². The molecule has 0 saturated heterocycles. The van der Waals surface area contributed by atoms with Crippen molar-refractivity contribution in [1.82, 2.24) is 4.98 Å². The Morgan fingerprint density at radius 1 is 1.26 bits per heavy atom. The van der Waals surface area contributed by atoms with Crippen LogP contribution in [-0.4, -0.2) is 28.8 Å². The largest absolute Gasteiger partial charge is 0.396 e. The Kier molecular flexibility index (Phi) is 5.47. The maximum Gasteiger partial charge on any atom is 0.168 e. The number of aliphatic hydroxyl groups excluding tert-OH is 1. The first-order valence-corrected chi connectivity index (χ1v) is 6.44. The maximum atomic E-state index is 13.7. The van der Waals surface area contributed by atoms with Crippen LogP contribution in [0.25, 0.3) is 0 Å². The average molecular weight is 273 g/mol. The molecular weight excluding hydrogens is 252 g/mol. The third-order valence-electron chi connectivity index (χ3n) is 3.14. The Bertz CT molecular complexity index is 429. The number of aromatic nitrogens is 1. The number of hydrogen-bond donors (Lipinski definition) is 3. The summed E-state index contributed by atoms with van der Waals surface area (Å²) in [5, 5.41) is 14.7. The van der Waals surface area contributed by atoms with Crippen molar-refractivity contribution in [3.8, 4) is 0 Å². The van der Waals surface area contributed by atoms with Crippen LogP contribution < -0.4 is 10.6 Å². The molecule has 0 spiro atoms. The van der Waals surface area contributed by atoms with E-state index in [4.69, 9.17) is 5.11 Å². The number of pyridine rings is 1. The van der Waals surface area contributed by atoms with Crippen LogP contribution in [0.15, 0.2) is 6.07 Å². The molecule has 19 heavy (non-hydrogen) atoms. The van der Waals surface area contributed by atoms with Gasteiger partial charge >= 0.3 is 0 Å². The maximum absolute atomic E-state index is 13.7. The molecule has 0 aromatic carbocycles. The fraction of sp³-hybridized carbons (Fsp3) is 0.615. The molecule has 0 aliphatic rings. The minimum atomic E-state index is -0.739. The Hall–Kier alpha value is -1.43. The summed E-state index contributed by atoms with van der Waals surface area (Å²) in [5.74, 6) is -1.44. The first-order valence-electron chi connectivity index (χ1n) is 6.44. The van der Waals surface area contributed by atoms with Crippen LogP contribution in [0.5, 0.6) is 0 Å². The van der Waals surface area contributed by atoms with Crippen molar-refractivity contribution in [3.05, 3.63) is 17.7 Å². The second kappa shape index (κ2) is 6.65. The quantitative estimate of drug-likeness (QED) is 0.715. The van der Waals surface area contributed by atoms with Gasteiger partial charge in [0, 0.05) is 24.8 Å². The lowest BCUT2D eigenvalue weighted by Crippen LogP contribution is -2.36. The van der Waals surface area contributed by atoms with Crippen molar-refractivity contribution in [2.24, 2.45) is 0 Å². The van der Waals surface area contributed by atoms with E-state index < -0.39 is 17.2 Å². The van der Waals surface area contributed by atoms with E-state index >= 15 is 0 Å². The van der Waals surface area contributed by atoms with Crippen molar-refractivity contribution in [1.29, 1.82) is 0 Å². The van der Waals surface area contributed by atoms with Gasteiger partial charge in [0.25, 0.3) is 0 Å². The van der Waals surface area contributed by atoms with E-state index in [0.29, 0.717) is 19.4 Å². The summed E-state index contributed by atoms with van der Waals surface area (Å²) in [6, 6.07) is 0.808. The number of nitrogens with zero attached hydrogens (tertiary/aromatic N) is 1. The van der Waals surface area contributed by atoms with Crippen molar-refractivity contribution in [2.75, 3.05) is 23.8 Å². The van der Waals surface area contributed by atoms with E-state index in [9.17, 15) is 8.78 Å². The average Bonchev–Trinajstić information content (AvgIpc) is 2.36. The fourth-order valence-corrected chi connectivity index (χ4v) is 1.71. The van der Waals surface area contributed by atoms with Crippen LogP contribution in [0.3, 0.4) is 0 Å². The molecule has 1 atom stereocenters. The van der Waals surface area contributed by atoms with Gasteiger partial charge < -0.3 is 15.7 Å². The molecule has 1 aromatic heterocycles. The first kappa shape index (κ1) is 15.6. The highest BCUT2D eigenvalue weighted by Gasteiger charge is 2.24. The molecule has 1 unspecified atom stereocenters. The number of anilines is 2. The monoisotopic (exact) mass is 273 g/mol. The van der Waals surface area contributed by atoms with Crippen LogP contribution >= 0.6 is 0 Å². The first-order chi connectivity index (χ1) is 8.95. The molecule has 0 radical (unpaired) electrons. The van der Waals surface area contributed by atoms with Gasteiger partial charge in [-0.2, -0.15) is 0 Å². The predicted octanol–water partition coefficient (Wildman–Crippen LogP) is 2.75. The topological polar surface area (TPSA) is 57.2 Å². The third kappa shape index (κ3) is 4.02. The van der Waals surface area contributed by atoms with Gasteiger partial charge in [-0.3, -0.25) is 0 Å². The number of hydrogen-bond acceptors (Lipinski definition) is 4. The van der Waals surface area contributed by atoms with Gasteiger partial charge in [-0.15, -0.1) is 0 Å². The molecule has 3 N–H and O–H groups in total. The van der Waals surface area contributed by atoms with Crippen LogP contribution in [-0.2, 0) is 0 Å². The molecule has 6 heteroatoms. The molecule has 108 valence electrons. The number of nitrogens with one attached hydrogen (secondary N) is 2. The van der Waals surface area contributed by atoms with Gasteiger partial charge in [-0.05, 0) is 26.7 Å². The predicted molar refractivity (Wildman–Crippen MR) is 72.3 cm³/mol. The second-order valence-electron chi connectivity index (χ2n) is 4.69. The Morgan fingerprint density at radius 3 is 2.42 bits per heavy atom. The summed E-state index contributed by atoms with van der Waals surface area (Å²) >= 11 is 0. The molecule has 0 aliphatic carbocycles. The standard InChI is InChI=1S/C13H21F2N3O/c1-4-13(3,6-7-19)18-12-10(15)8-9(14)11(17-12)16-5-2/h8,19H,4-7H2,1-3H3,(H2,16,17,18). The molecule has 1 heterocycles. The minimum absolute atomic E-state index is 0.00449. The normalized spacial score (nSPS) is 14.0. The zero-order valence-electron chi connectivity index (χ0n) is 11.6. The van der Waals surface area contributed by atoms with Crippen LogP contribution in [0.2, 0.25) is 0 Å². The lowest BCUT2D eigenvalue weighted by Gasteiger charge is -2.30. The van der Waals surface area contributed by atoms with Gasteiger partial charge in [0.1, 0.15) is 0 Å². The number of aliphatic hydroxyl groups is 1. The Morgan fingerprint density at radius 2 is 1.89 bits per heavy atom. The summed E-state index contributed by atoms with van der Waals surface area (Å²) in [7, 11) is 0. The smallest absolute Gasteiger partial charge is 0.168 e. The fourth-order valence-electron chi connectivity index (χ4n) is 1.71. The molecule has 0 bridgehead atoms. The molecule has 1 aromatic rings. The Labute approximate surface area is 112 Å². The number of rotatable bonds is 7. The van der Waals surface area contributed by atoms with Gasteiger partial charge in [-0.1, -0.05) is 6.92 Å². The van der Waals surface area contributed by atoms with E-state index in [1.165, 1.54) is 0 Å². The lowest BCUT2D eigenvalue weighted by atomic mass is 9.95. The zero-order valence-corrected chi connectivity index (χ0v) is 11.6. The van der Waals surface area contributed by atoms with E-state index in [1.807, 2.05) is 13.8 Å². The highest BCUT2D eigenvalue weighted by molar-refractivity contribution is 5.48. The van der Waals surface area contributed by atoms with E-state index in [2.05, 4.69) is 15.6 Å². The van der Waals surface area contributed by atoms with Gasteiger partial charge in [0.2, 0.25) is 0 Å².